The summed E-state index contributed by atoms with van der Waals surface area (Å²) in [6, 6.07) is 8.06. The Hall–Kier alpha value is -1.95. The number of carboxylic acids is 1. The highest BCUT2D eigenvalue weighted by atomic mass is 35.5. The SMILES string of the molecule is O=C(Nc1cccc(C(=O)O)c1)Nc1cc(Cl)c(Cl)cc1Cl. The minimum atomic E-state index is -1.09. The van der Waals surface area contributed by atoms with Crippen molar-refractivity contribution in [1.29, 1.82) is 0 Å². The Labute approximate surface area is 140 Å². The average molecular weight is 360 g/mol. The summed E-state index contributed by atoms with van der Waals surface area (Å²) in [4.78, 5) is 22.8. The topological polar surface area (TPSA) is 78.4 Å². The van der Waals surface area contributed by atoms with Crippen LogP contribution in [0.2, 0.25) is 15.1 Å². The second-order valence-corrected chi connectivity index (χ2v) is 5.43. The lowest BCUT2D eigenvalue weighted by molar-refractivity contribution is 0.0697. The van der Waals surface area contributed by atoms with E-state index < -0.39 is 12.0 Å². The number of benzene rings is 2. The predicted molar refractivity (Wildman–Crippen MR) is 87.5 cm³/mol. The Morgan fingerprint density at radius 3 is 2.27 bits per heavy atom. The van der Waals surface area contributed by atoms with Crippen molar-refractivity contribution in [2.24, 2.45) is 0 Å². The van der Waals surface area contributed by atoms with Gasteiger partial charge in [-0.3, -0.25) is 0 Å². The molecule has 0 saturated heterocycles. The van der Waals surface area contributed by atoms with Gasteiger partial charge < -0.3 is 15.7 Å². The quantitative estimate of drug-likeness (QED) is 0.676. The smallest absolute Gasteiger partial charge is 0.335 e. The van der Waals surface area contributed by atoms with Crippen LogP contribution in [0.4, 0.5) is 16.2 Å². The number of nitrogens with one attached hydrogen (secondary N) is 2. The lowest BCUT2D eigenvalue weighted by atomic mass is 10.2. The van der Waals surface area contributed by atoms with Crippen molar-refractivity contribution >= 4 is 58.2 Å². The molecule has 0 bridgehead atoms. The number of hydrogen-bond donors (Lipinski definition) is 3. The maximum atomic E-state index is 11.9. The van der Waals surface area contributed by atoms with Crippen molar-refractivity contribution in [2.45, 2.75) is 0 Å². The molecule has 2 amide bonds. The highest BCUT2D eigenvalue weighted by molar-refractivity contribution is 6.44. The summed E-state index contributed by atoms with van der Waals surface area (Å²) in [7, 11) is 0. The van der Waals surface area contributed by atoms with E-state index in [9.17, 15) is 9.59 Å². The summed E-state index contributed by atoms with van der Waals surface area (Å²) in [5.74, 6) is -1.09. The third kappa shape index (κ3) is 4.04. The number of carbonyl (C=O) groups is 2. The van der Waals surface area contributed by atoms with Gasteiger partial charge >= 0.3 is 12.0 Å². The first-order chi connectivity index (χ1) is 10.4. The molecule has 114 valence electrons. The monoisotopic (exact) mass is 358 g/mol. The molecule has 0 spiro atoms. The molecule has 2 aromatic rings. The van der Waals surface area contributed by atoms with E-state index in [1.165, 1.54) is 30.3 Å². The first kappa shape index (κ1) is 16.4. The molecule has 0 saturated carbocycles. The molecular formula is C14H9Cl3N2O3. The number of carbonyl (C=O) groups excluding carboxylic acids is 1. The molecule has 2 aromatic carbocycles. The lowest BCUT2D eigenvalue weighted by Gasteiger charge is -2.10. The molecular weight excluding hydrogens is 351 g/mol. The highest BCUT2D eigenvalue weighted by Crippen LogP contribution is 2.32. The third-order valence-electron chi connectivity index (χ3n) is 2.63. The number of aromatic carboxylic acids is 1. The van der Waals surface area contributed by atoms with Crippen molar-refractivity contribution in [3.63, 3.8) is 0 Å². The molecule has 22 heavy (non-hydrogen) atoms. The number of hydrogen-bond acceptors (Lipinski definition) is 2. The van der Waals surface area contributed by atoms with Crippen LogP contribution < -0.4 is 10.6 Å². The molecule has 0 aliphatic carbocycles. The molecule has 5 nitrogen and oxygen atoms in total. The zero-order valence-electron chi connectivity index (χ0n) is 10.9. The van der Waals surface area contributed by atoms with Crippen LogP contribution in [-0.2, 0) is 0 Å². The highest BCUT2D eigenvalue weighted by Gasteiger charge is 2.10. The molecule has 2 rings (SSSR count). The molecule has 8 heteroatoms. The van der Waals surface area contributed by atoms with Crippen molar-refractivity contribution < 1.29 is 14.7 Å². The Bertz CT molecular complexity index is 750. The second-order valence-electron chi connectivity index (χ2n) is 4.21. The summed E-state index contributed by atoms with van der Waals surface area (Å²) >= 11 is 17.6. The fraction of sp³-hybridized carbons (Fsp3) is 0. The zero-order valence-corrected chi connectivity index (χ0v) is 13.1. The second kappa shape index (κ2) is 6.87. The van der Waals surface area contributed by atoms with E-state index in [1.54, 1.807) is 6.07 Å². The Kier molecular flexibility index (Phi) is 5.13. The van der Waals surface area contributed by atoms with Gasteiger partial charge in [-0.25, -0.2) is 9.59 Å². The number of rotatable bonds is 3. The largest absolute Gasteiger partial charge is 0.478 e. The van der Waals surface area contributed by atoms with Crippen LogP contribution in [0.1, 0.15) is 10.4 Å². The number of amides is 2. The summed E-state index contributed by atoms with van der Waals surface area (Å²) in [5, 5.41) is 14.6. The van der Waals surface area contributed by atoms with Crippen LogP contribution in [0.15, 0.2) is 36.4 Å². The van der Waals surface area contributed by atoms with Gasteiger partial charge in [0.1, 0.15) is 0 Å². The van der Waals surface area contributed by atoms with Gasteiger partial charge in [-0.1, -0.05) is 40.9 Å². The number of halogens is 3. The standard InChI is InChI=1S/C14H9Cl3N2O3/c15-9-5-11(17)12(6-10(9)16)19-14(22)18-8-3-1-2-7(4-8)13(20)21/h1-6H,(H,20,21)(H2,18,19,22). The molecule has 0 fully saturated rings. The van der Waals surface area contributed by atoms with Crippen LogP contribution in [0.3, 0.4) is 0 Å². The number of anilines is 2. The Morgan fingerprint density at radius 2 is 1.59 bits per heavy atom. The summed E-state index contributed by atoms with van der Waals surface area (Å²) in [5.41, 5.74) is 0.668. The van der Waals surface area contributed by atoms with Crippen LogP contribution in [-0.4, -0.2) is 17.1 Å². The van der Waals surface area contributed by atoms with E-state index in [0.717, 1.165) is 0 Å². The minimum Gasteiger partial charge on any atom is -0.478 e. The van der Waals surface area contributed by atoms with Crippen molar-refractivity contribution in [3.8, 4) is 0 Å². The first-order valence-corrected chi connectivity index (χ1v) is 7.06. The van der Waals surface area contributed by atoms with Gasteiger partial charge in [0.05, 0.1) is 26.3 Å². The third-order valence-corrected chi connectivity index (χ3v) is 3.66. The molecule has 0 radical (unpaired) electrons. The van der Waals surface area contributed by atoms with Crippen molar-refractivity contribution in [3.05, 3.63) is 57.0 Å². The molecule has 0 aromatic heterocycles. The minimum absolute atomic E-state index is 0.0605. The zero-order chi connectivity index (χ0) is 16.3. The van der Waals surface area contributed by atoms with E-state index in [2.05, 4.69) is 10.6 Å². The van der Waals surface area contributed by atoms with Gasteiger partial charge in [0.15, 0.2) is 0 Å². The van der Waals surface area contributed by atoms with E-state index in [0.29, 0.717) is 5.69 Å². The fourth-order valence-corrected chi connectivity index (χ4v) is 2.23. The maximum absolute atomic E-state index is 11.9. The summed E-state index contributed by atoms with van der Waals surface area (Å²) in [6.45, 7) is 0. The van der Waals surface area contributed by atoms with Crippen molar-refractivity contribution in [1.82, 2.24) is 0 Å². The summed E-state index contributed by atoms with van der Waals surface area (Å²) in [6.07, 6.45) is 0. The average Bonchev–Trinajstić information content (AvgIpc) is 2.45. The molecule has 0 aliphatic rings. The van der Waals surface area contributed by atoms with E-state index in [1.807, 2.05) is 0 Å². The van der Waals surface area contributed by atoms with Crippen molar-refractivity contribution in [2.75, 3.05) is 10.6 Å². The molecule has 0 atom stereocenters. The molecule has 3 N–H and O–H groups in total. The predicted octanol–water partition coefficient (Wildman–Crippen LogP) is 4.99. The maximum Gasteiger partial charge on any atom is 0.335 e. The van der Waals surface area contributed by atoms with Gasteiger partial charge in [0, 0.05) is 5.69 Å². The van der Waals surface area contributed by atoms with Crippen LogP contribution in [0.25, 0.3) is 0 Å². The molecule has 0 heterocycles. The Morgan fingerprint density at radius 1 is 0.909 bits per heavy atom. The normalized spacial score (nSPS) is 10.1. The fourth-order valence-electron chi connectivity index (χ4n) is 1.63. The van der Waals surface area contributed by atoms with Gasteiger partial charge in [-0.2, -0.15) is 0 Å². The van der Waals surface area contributed by atoms with Gasteiger partial charge in [0.25, 0.3) is 0 Å². The first-order valence-electron chi connectivity index (χ1n) is 5.92. The Balaban J connectivity index is 2.12. The number of carboxylic acid groups (broad SMARTS) is 1. The number of urea groups is 1. The van der Waals surface area contributed by atoms with Crippen LogP contribution >= 0.6 is 34.8 Å². The molecule has 0 aliphatic heterocycles. The van der Waals surface area contributed by atoms with Gasteiger partial charge in [0.2, 0.25) is 0 Å². The van der Waals surface area contributed by atoms with E-state index >= 15 is 0 Å². The lowest BCUT2D eigenvalue weighted by Crippen LogP contribution is -2.19. The van der Waals surface area contributed by atoms with E-state index in [4.69, 9.17) is 39.9 Å². The summed E-state index contributed by atoms with van der Waals surface area (Å²) < 4.78 is 0. The van der Waals surface area contributed by atoms with E-state index in [-0.39, 0.29) is 26.3 Å². The van der Waals surface area contributed by atoms with Crippen LogP contribution in [0.5, 0.6) is 0 Å². The van der Waals surface area contributed by atoms with Gasteiger partial charge in [-0.05, 0) is 30.3 Å². The van der Waals surface area contributed by atoms with Crippen LogP contribution in [0, 0.1) is 0 Å². The molecule has 0 unspecified atom stereocenters. The van der Waals surface area contributed by atoms with Gasteiger partial charge in [-0.15, -0.1) is 0 Å².